The van der Waals surface area contributed by atoms with Crippen LogP contribution in [0.2, 0.25) is 0 Å². The number of nitrogens with two attached hydrogens (primary N) is 1. The van der Waals surface area contributed by atoms with Crippen molar-refractivity contribution in [2.45, 2.75) is 24.3 Å². The van der Waals surface area contributed by atoms with Crippen LogP contribution in [-0.4, -0.2) is 39.3 Å². The number of amides is 1. The fourth-order valence-electron chi connectivity index (χ4n) is 2.46. The Morgan fingerprint density at radius 2 is 2.00 bits per heavy atom. The molecular weight excluding hydrogens is 297 g/mol. The number of nitrogens with zero attached hydrogens (tertiary/aromatic N) is 2. The van der Waals surface area contributed by atoms with Gasteiger partial charge >= 0.3 is 0 Å². The minimum absolute atomic E-state index is 0.223. The molecule has 1 fully saturated rings. The van der Waals surface area contributed by atoms with E-state index in [1.807, 2.05) is 13.8 Å². The lowest BCUT2D eigenvalue weighted by Gasteiger charge is -2.34. The number of anilines is 1. The molecule has 1 amide bonds. The van der Waals surface area contributed by atoms with Crippen molar-refractivity contribution in [2.75, 3.05) is 18.8 Å². The Morgan fingerprint density at radius 3 is 2.52 bits per heavy atom. The van der Waals surface area contributed by atoms with Crippen LogP contribution in [0.3, 0.4) is 0 Å². The maximum atomic E-state index is 13.9. The lowest BCUT2D eigenvalue weighted by Crippen LogP contribution is -2.44. The van der Waals surface area contributed by atoms with Crippen LogP contribution in [0.1, 0.15) is 24.2 Å². The van der Waals surface area contributed by atoms with Crippen LogP contribution in [0.15, 0.2) is 12.1 Å². The second-order valence-corrected chi connectivity index (χ2v) is 6.96. The van der Waals surface area contributed by atoms with Crippen molar-refractivity contribution in [2.24, 2.45) is 0 Å². The maximum Gasteiger partial charge on any atom is 0.293 e. The Balaban J connectivity index is 2.39. The number of halogens is 1. The summed E-state index contributed by atoms with van der Waals surface area (Å²) < 4.78 is 13.9. The van der Waals surface area contributed by atoms with Crippen molar-refractivity contribution in [3.05, 3.63) is 33.6 Å². The summed E-state index contributed by atoms with van der Waals surface area (Å²) in [4.78, 5) is 24.1. The fourth-order valence-corrected chi connectivity index (χ4v) is 3.79. The van der Waals surface area contributed by atoms with Crippen LogP contribution in [0.5, 0.6) is 0 Å². The van der Waals surface area contributed by atoms with E-state index in [1.54, 1.807) is 11.8 Å². The Morgan fingerprint density at radius 1 is 1.43 bits per heavy atom. The minimum Gasteiger partial charge on any atom is -0.392 e. The first-order chi connectivity index (χ1) is 9.81. The van der Waals surface area contributed by atoms with E-state index in [0.29, 0.717) is 13.1 Å². The summed E-state index contributed by atoms with van der Waals surface area (Å²) in [5.74, 6) is -1.42. The summed E-state index contributed by atoms with van der Waals surface area (Å²) in [6.45, 7) is 4.90. The molecule has 6 nitrogen and oxygen atoms in total. The molecule has 1 saturated heterocycles. The molecule has 8 heteroatoms. The maximum absolute atomic E-state index is 13.9. The standard InChI is InChI=1S/C13H16FN3O3S/c1-7-5-16(6-8(2)21-7)13(18)11-9(14)3-4-10(12(11)15)17(19)20/h3-4,7-8H,5-6,15H2,1-2H3. The molecule has 0 aromatic heterocycles. The zero-order valence-corrected chi connectivity index (χ0v) is 12.5. The van der Waals surface area contributed by atoms with Crippen molar-refractivity contribution in [3.8, 4) is 0 Å². The summed E-state index contributed by atoms with van der Waals surface area (Å²) in [5.41, 5.74) is 4.36. The van der Waals surface area contributed by atoms with Gasteiger partial charge in [-0.2, -0.15) is 11.8 Å². The summed E-state index contributed by atoms with van der Waals surface area (Å²) >= 11 is 1.75. The van der Waals surface area contributed by atoms with E-state index < -0.39 is 33.6 Å². The molecule has 0 aliphatic carbocycles. The van der Waals surface area contributed by atoms with Crippen molar-refractivity contribution in [1.29, 1.82) is 0 Å². The molecular formula is C13H16FN3O3S. The summed E-state index contributed by atoms with van der Waals surface area (Å²) in [6, 6.07) is 1.88. The monoisotopic (exact) mass is 313 g/mol. The third kappa shape index (κ3) is 3.10. The molecule has 2 N–H and O–H groups in total. The van der Waals surface area contributed by atoms with Crippen LogP contribution in [0.25, 0.3) is 0 Å². The third-order valence-corrected chi connectivity index (χ3v) is 4.52. The first-order valence-electron chi connectivity index (χ1n) is 6.48. The molecule has 1 aliphatic heterocycles. The average molecular weight is 313 g/mol. The van der Waals surface area contributed by atoms with E-state index in [9.17, 15) is 19.3 Å². The van der Waals surface area contributed by atoms with Gasteiger partial charge in [0.2, 0.25) is 0 Å². The highest BCUT2D eigenvalue weighted by Crippen LogP contribution is 2.31. The topological polar surface area (TPSA) is 89.5 Å². The smallest absolute Gasteiger partial charge is 0.293 e. The van der Waals surface area contributed by atoms with Gasteiger partial charge in [-0.05, 0) is 6.07 Å². The molecule has 0 saturated carbocycles. The summed E-state index contributed by atoms with van der Waals surface area (Å²) in [6.07, 6.45) is 0. The van der Waals surface area contributed by atoms with Crippen LogP contribution in [0, 0.1) is 15.9 Å². The molecule has 114 valence electrons. The van der Waals surface area contributed by atoms with Crippen LogP contribution in [0.4, 0.5) is 15.8 Å². The van der Waals surface area contributed by atoms with Crippen molar-refractivity contribution in [3.63, 3.8) is 0 Å². The van der Waals surface area contributed by atoms with Gasteiger partial charge in [0.15, 0.2) is 0 Å². The van der Waals surface area contributed by atoms with E-state index in [4.69, 9.17) is 5.73 Å². The Bertz CT molecular complexity index is 586. The fraction of sp³-hybridized carbons (Fsp3) is 0.462. The number of benzene rings is 1. The van der Waals surface area contributed by atoms with E-state index in [0.717, 1.165) is 12.1 Å². The summed E-state index contributed by atoms with van der Waals surface area (Å²) in [7, 11) is 0. The Hall–Kier alpha value is -1.83. The van der Waals surface area contributed by atoms with Gasteiger partial charge in [0, 0.05) is 29.7 Å². The Labute approximate surface area is 125 Å². The molecule has 2 unspecified atom stereocenters. The summed E-state index contributed by atoms with van der Waals surface area (Å²) in [5, 5.41) is 11.3. The number of thioether (sulfide) groups is 1. The van der Waals surface area contributed by atoms with Gasteiger partial charge in [-0.15, -0.1) is 0 Å². The van der Waals surface area contributed by atoms with Gasteiger partial charge < -0.3 is 10.6 Å². The Kier molecular flexibility index (Phi) is 4.36. The predicted octanol–water partition coefficient (Wildman–Crippen LogP) is 2.28. The minimum atomic E-state index is -0.832. The van der Waals surface area contributed by atoms with Crippen molar-refractivity contribution < 1.29 is 14.1 Å². The van der Waals surface area contributed by atoms with E-state index >= 15 is 0 Å². The zero-order chi connectivity index (χ0) is 15.7. The number of nitro groups is 1. The number of rotatable bonds is 2. The first-order valence-corrected chi connectivity index (χ1v) is 7.42. The highest BCUT2D eigenvalue weighted by Gasteiger charge is 2.31. The number of nitrogen functional groups attached to an aromatic ring is 1. The van der Waals surface area contributed by atoms with Gasteiger partial charge in [0.25, 0.3) is 11.6 Å². The molecule has 21 heavy (non-hydrogen) atoms. The van der Waals surface area contributed by atoms with Crippen molar-refractivity contribution >= 4 is 29.0 Å². The number of hydrogen-bond donors (Lipinski definition) is 1. The van der Waals surface area contributed by atoms with Gasteiger partial charge in [-0.1, -0.05) is 13.8 Å². The molecule has 2 atom stereocenters. The number of nitro benzene ring substituents is 1. The van der Waals surface area contributed by atoms with Gasteiger partial charge in [0.05, 0.1) is 4.92 Å². The molecule has 1 aromatic carbocycles. The molecule has 2 rings (SSSR count). The van der Waals surface area contributed by atoms with Gasteiger partial charge in [-0.25, -0.2) is 4.39 Å². The van der Waals surface area contributed by atoms with Gasteiger partial charge in [-0.3, -0.25) is 14.9 Å². The molecule has 0 spiro atoms. The lowest BCUT2D eigenvalue weighted by atomic mass is 10.1. The number of carbonyl (C=O) groups excluding carboxylic acids is 1. The van der Waals surface area contributed by atoms with Crippen LogP contribution in [-0.2, 0) is 0 Å². The predicted molar refractivity (Wildman–Crippen MR) is 79.9 cm³/mol. The van der Waals surface area contributed by atoms with E-state index in [2.05, 4.69) is 0 Å². The average Bonchev–Trinajstić information content (AvgIpc) is 2.36. The number of hydrogen-bond acceptors (Lipinski definition) is 5. The SMILES string of the molecule is CC1CN(C(=O)c2c(F)ccc([N+](=O)[O-])c2N)CC(C)S1. The zero-order valence-electron chi connectivity index (χ0n) is 11.7. The lowest BCUT2D eigenvalue weighted by molar-refractivity contribution is -0.384. The molecule has 1 aromatic rings. The molecule has 1 aliphatic rings. The largest absolute Gasteiger partial charge is 0.392 e. The second kappa shape index (κ2) is 5.88. The van der Waals surface area contributed by atoms with Crippen LogP contribution >= 0.6 is 11.8 Å². The van der Waals surface area contributed by atoms with Gasteiger partial charge in [0.1, 0.15) is 17.1 Å². The van der Waals surface area contributed by atoms with Crippen molar-refractivity contribution in [1.82, 2.24) is 4.90 Å². The second-order valence-electron chi connectivity index (χ2n) is 5.08. The quantitative estimate of drug-likeness (QED) is 0.514. The highest BCUT2D eigenvalue weighted by atomic mass is 32.2. The molecule has 0 radical (unpaired) electrons. The van der Waals surface area contributed by atoms with Crippen LogP contribution < -0.4 is 5.73 Å². The molecule has 1 heterocycles. The van der Waals surface area contributed by atoms with E-state index in [1.165, 1.54) is 4.90 Å². The highest BCUT2D eigenvalue weighted by molar-refractivity contribution is 8.00. The molecule has 0 bridgehead atoms. The first kappa shape index (κ1) is 15.6. The number of carbonyl (C=O) groups is 1. The van der Waals surface area contributed by atoms with E-state index in [-0.39, 0.29) is 10.5 Å². The third-order valence-electron chi connectivity index (χ3n) is 3.29. The normalized spacial score (nSPS) is 22.1.